The number of ketones is 1. The molecule has 0 aromatic heterocycles. The molecule has 1 saturated heterocycles. The van der Waals surface area contributed by atoms with Crippen molar-refractivity contribution >= 4 is 29.3 Å². The molecule has 0 spiro atoms. The SMILES string of the molecule is COc1ccc(C(=O)[C@H](OC(=O)c2cccc(N3C(=O)[C@@H]4[C@@H](C3=O)[C@H]3C=C[C@H]4C3)c2)c2ccccc2)cc1. The highest BCUT2D eigenvalue weighted by atomic mass is 16.5. The second-order valence-electron chi connectivity index (χ2n) is 9.85. The van der Waals surface area contributed by atoms with Crippen LogP contribution in [0.2, 0.25) is 0 Å². The number of carbonyl (C=O) groups excluding carboxylic acids is 4. The third kappa shape index (κ3) is 3.91. The number of hydrogen-bond donors (Lipinski definition) is 0. The topological polar surface area (TPSA) is 90.0 Å². The van der Waals surface area contributed by atoms with Gasteiger partial charge in [-0.2, -0.15) is 0 Å². The molecule has 3 aromatic carbocycles. The minimum atomic E-state index is -1.18. The van der Waals surface area contributed by atoms with E-state index in [9.17, 15) is 19.2 Å². The second kappa shape index (κ2) is 9.41. The Morgan fingerprint density at radius 2 is 1.47 bits per heavy atom. The second-order valence-corrected chi connectivity index (χ2v) is 9.85. The van der Waals surface area contributed by atoms with Gasteiger partial charge in [0.25, 0.3) is 0 Å². The summed E-state index contributed by atoms with van der Waals surface area (Å²) in [6, 6.07) is 21.6. The number of fused-ring (bicyclic) bond motifs is 5. The smallest absolute Gasteiger partial charge is 0.339 e. The van der Waals surface area contributed by atoms with Crippen LogP contribution in [0.1, 0.15) is 38.8 Å². The fraction of sp³-hybridized carbons (Fsp3) is 0.226. The molecule has 2 amide bonds. The van der Waals surface area contributed by atoms with E-state index in [4.69, 9.17) is 9.47 Å². The molecule has 2 fully saturated rings. The average molecular weight is 508 g/mol. The molecular formula is C31H25NO6. The molecular weight excluding hydrogens is 482 g/mol. The first-order valence-electron chi connectivity index (χ1n) is 12.6. The Morgan fingerprint density at radius 1 is 0.816 bits per heavy atom. The number of Topliss-reactive ketones (excluding diaryl/α,β-unsaturated/α-hetero) is 1. The van der Waals surface area contributed by atoms with Crippen LogP contribution in [0.25, 0.3) is 0 Å². The predicted molar refractivity (Wildman–Crippen MR) is 139 cm³/mol. The fourth-order valence-electron chi connectivity index (χ4n) is 5.91. The zero-order valence-electron chi connectivity index (χ0n) is 20.7. The number of esters is 1. The van der Waals surface area contributed by atoms with Gasteiger partial charge in [-0.05, 0) is 60.7 Å². The van der Waals surface area contributed by atoms with Crippen LogP contribution < -0.4 is 9.64 Å². The van der Waals surface area contributed by atoms with E-state index in [1.54, 1.807) is 66.7 Å². The maximum atomic E-state index is 13.4. The van der Waals surface area contributed by atoms with Crippen LogP contribution in [0.5, 0.6) is 5.75 Å². The van der Waals surface area contributed by atoms with Gasteiger partial charge in [-0.15, -0.1) is 0 Å². The summed E-state index contributed by atoms with van der Waals surface area (Å²) in [5, 5.41) is 0. The molecule has 7 heteroatoms. The van der Waals surface area contributed by atoms with Crippen LogP contribution in [0.4, 0.5) is 5.69 Å². The molecule has 3 aromatic rings. The van der Waals surface area contributed by atoms with Crippen LogP contribution in [-0.4, -0.2) is 30.7 Å². The van der Waals surface area contributed by atoms with Gasteiger partial charge in [0.2, 0.25) is 17.6 Å². The van der Waals surface area contributed by atoms with Crippen molar-refractivity contribution in [3.63, 3.8) is 0 Å². The lowest BCUT2D eigenvalue weighted by atomic mass is 9.85. The lowest BCUT2D eigenvalue weighted by Crippen LogP contribution is -2.33. The van der Waals surface area contributed by atoms with Gasteiger partial charge >= 0.3 is 5.97 Å². The van der Waals surface area contributed by atoms with Crippen LogP contribution in [0.3, 0.4) is 0 Å². The van der Waals surface area contributed by atoms with Crippen LogP contribution in [0.15, 0.2) is 91.0 Å². The molecule has 0 N–H and O–H groups in total. The molecule has 38 heavy (non-hydrogen) atoms. The number of imide groups is 1. The van der Waals surface area contributed by atoms with Crippen molar-refractivity contribution < 1.29 is 28.7 Å². The first-order valence-corrected chi connectivity index (χ1v) is 12.6. The first kappa shape index (κ1) is 23.9. The van der Waals surface area contributed by atoms with Crippen molar-refractivity contribution in [1.82, 2.24) is 0 Å². The highest BCUT2D eigenvalue weighted by molar-refractivity contribution is 6.23. The molecule has 0 radical (unpaired) electrons. The van der Waals surface area contributed by atoms with Gasteiger partial charge in [-0.3, -0.25) is 14.4 Å². The first-order chi connectivity index (χ1) is 18.5. The molecule has 5 atom stereocenters. The molecule has 1 saturated carbocycles. The van der Waals surface area contributed by atoms with Crippen LogP contribution >= 0.6 is 0 Å². The lowest BCUT2D eigenvalue weighted by molar-refractivity contribution is -0.123. The third-order valence-electron chi connectivity index (χ3n) is 7.75. The number of benzene rings is 3. The molecule has 1 aliphatic heterocycles. The Morgan fingerprint density at radius 3 is 2.11 bits per heavy atom. The highest BCUT2D eigenvalue weighted by Crippen LogP contribution is 2.53. The number of ether oxygens (including phenoxy) is 2. The van der Waals surface area contributed by atoms with E-state index in [2.05, 4.69) is 0 Å². The number of carbonyl (C=O) groups is 4. The van der Waals surface area contributed by atoms with Gasteiger partial charge in [-0.1, -0.05) is 48.6 Å². The van der Waals surface area contributed by atoms with Gasteiger partial charge in [0.15, 0.2) is 6.10 Å². The number of rotatable bonds is 7. The summed E-state index contributed by atoms with van der Waals surface area (Å²) in [6.07, 6.45) is 3.74. The molecule has 2 bridgehead atoms. The molecule has 0 unspecified atom stereocenters. The van der Waals surface area contributed by atoms with Gasteiger partial charge in [-0.25, -0.2) is 9.69 Å². The Bertz CT molecular complexity index is 1430. The standard InChI is InChI=1S/C31H25NO6/c1-37-24-14-12-18(13-15-24)27(33)28(19-6-3-2-4-7-19)38-31(36)22-8-5-9-23(17-22)32-29(34)25-20-10-11-21(16-20)26(25)30(32)35/h2-15,17,20-21,25-26,28H,16H2,1H3/t20-,21-,25-,26-,28+/m0/s1. The number of methoxy groups -OCH3 is 1. The third-order valence-corrected chi connectivity index (χ3v) is 7.75. The number of amides is 2. The summed E-state index contributed by atoms with van der Waals surface area (Å²) in [4.78, 5) is 54.4. The van der Waals surface area contributed by atoms with Gasteiger partial charge in [0.1, 0.15) is 5.75 Å². The largest absolute Gasteiger partial charge is 0.497 e. The maximum absolute atomic E-state index is 13.4. The van der Waals surface area contributed by atoms with Gasteiger partial charge in [0, 0.05) is 11.1 Å². The van der Waals surface area contributed by atoms with Crippen molar-refractivity contribution in [1.29, 1.82) is 0 Å². The fourth-order valence-corrected chi connectivity index (χ4v) is 5.91. The van der Waals surface area contributed by atoms with Gasteiger partial charge in [0.05, 0.1) is 30.2 Å². The van der Waals surface area contributed by atoms with Gasteiger partial charge < -0.3 is 9.47 Å². The molecule has 190 valence electrons. The summed E-state index contributed by atoms with van der Waals surface area (Å²) in [7, 11) is 1.54. The number of allylic oxidation sites excluding steroid dienone is 2. The van der Waals surface area contributed by atoms with E-state index in [-0.39, 0.29) is 46.8 Å². The normalized spacial score (nSPS) is 23.9. The van der Waals surface area contributed by atoms with Crippen molar-refractivity contribution in [2.24, 2.45) is 23.7 Å². The monoisotopic (exact) mass is 507 g/mol. The summed E-state index contributed by atoms with van der Waals surface area (Å²) >= 11 is 0. The van der Waals surface area contributed by atoms with Crippen molar-refractivity contribution in [3.8, 4) is 5.75 Å². The van der Waals surface area contributed by atoms with E-state index in [0.29, 0.717) is 22.6 Å². The summed E-state index contributed by atoms with van der Waals surface area (Å²) < 4.78 is 10.9. The Balaban J connectivity index is 1.26. The molecule has 7 nitrogen and oxygen atoms in total. The van der Waals surface area contributed by atoms with Crippen molar-refractivity contribution in [3.05, 3.63) is 108 Å². The van der Waals surface area contributed by atoms with Crippen molar-refractivity contribution in [2.45, 2.75) is 12.5 Å². The average Bonchev–Trinajstić information content (AvgIpc) is 3.65. The summed E-state index contributed by atoms with van der Waals surface area (Å²) in [5.74, 6) is -1.45. The maximum Gasteiger partial charge on any atom is 0.339 e. The molecule has 6 rings (SSSR count). The predicted octanol–water partition coefficient (Wildman–Crippen LogP) is 4.79. The van der Waals surface area contributed by atoms with E-state index < -0.39 is 12.1 Å². The zero-order valence-corrected chi connectivity index (χ0v) is 20.7. The minimum absolute atomic E-state index is 0.0928. The number of hydrogen-bond acceptors (Lipinski definition) is 6. The zero-order chi connectivity index (χ0) is 26.4. The van der Waals surface area contributed by atoms with Crippen LogP contribution in [-0.2, 0) is 14.3 Å². The van der Waals surface area contributed by atoms with E-state index in [0.717, 1.165) is 6.42 Å². The molecule has 2 aliphatic carbocycles. The van der Waals surface area contributed by atoms with Crippen molar-refractivity contribution in [2.75, 3.05) is 12.0 Å². The van der Waals surface area contributed by atoms with E-state index >= 15 is 0 Å². The highest BCUT2D eigenvalue weighted by Gasteiger charge is 2.59. The summed E-state index contributed by atoms with van der Waals surface area (Å²) in [5.41, 5.74) is 1.37. The number of anilines is 1. The Kier molecular flexibility index (Phi) is 5.91. The Labute approximate surface area is 219 Å². The number of nitrogens with zero attached hydrogens (tertiary/aromatic N) is 1. The quantitative estimate of drug-likeness (QED) is 0.198. The van der Waals surface area contributed by atoms with Crippen LogP contribution in [0, 0.1) is 23.7 Å². The lowest BCUT2D eigenvalue weighted by Gasteiger charge is -2.20. The summed E-state index contributed by atoms with van der Waals surface area (Å²) in [6.45, 7) is 0. The minimum Gasteiger partial charge on any atom is -0.497 e. The van der Waals surface area contributed by atoms with E-state index in [1.807, 2.05) is 18.2 Å². The molecule has 3 aliphatic rings. The molecule has 1 heterocycles. The Hall–Kier alpha value is -4.52. The van der Waals surface area contributed by atoms with E-state index in [1.165, 1.54) is 18.1 Å².